The van der Waals surface area contributed by atoms with Gasteiger partial charge >= 0.3 is 5.97 Å². The van der Waals surface area contributed by atoms with Crippen LogP contribution in [0.5, 0.6) is 0 Å². The van der Waals surface area contributed by atoms with Crippen LogP contribution in [0.2, 0.25) is 0 Å². The Bertz CT molecular complexity index is 533. The third kappa shape index (κ3) is 2.28. The molecule has 0 saturated heterocycles. The van der Waals surface area contributed by atoms with E-state index in [0.717, 1.165) is 10.0 Å². The summed E-state index contributed by atoms with van der Waals surface area (Å²) < 4.78 is 2.25. The zero-order valence-electron chi connectivity index (χ0n) is 8.74. The van der Waals surface area contributed by atoms with Crippen LogP contribution in [0.25, 0.3) is 10.1 Å². The largest absolute Gasteiger partial charge is 0.481 e. The molecule has 0 aliphatic carbocycles. The van der Waals surface area contributed by atoms with Gasteiger partial charge in [-0.15, -0.1) is 11.3 Å². The SMILES string of the molecule is CC(Cc1csc2cc(Br)ccc12)C(=O)O. The smallest absolute Gasteiger partial charge is 0.306 e. The molecular weight excluding hydrogens is 288 g/mol. The van der Waals surface area contributed by atoms with Crippen molar-refractivity contribution in [3.63, 3.8) is 0 Å². The second-order valence-electron chi connectivity index (χ2n) is 3.84. The predicted molar refractivity (Wildman–Crippen MR) is 70.0 cm³/mol. The zero-order valence-corrected chi connectivity index (χ0v) is 11.1. The number of carbonyl (C=O) groups is 1. The monoisotopic (exact) mass is 298 g/mol. The van der Waals surface area contributed by atoms with E-state index in [4.69, 9.17) is 5.11 Å². The number of carboxylic acid groups (broad SMARTS) is 1. The van der Waals surface area contributed by atoms with Crippen molar-refractivity contribution in [1.29, 1.82) is 0 Å². The molecule has 1 unspecified atom stereocenters. The fourth-order valence-electron chi connectivity index (χ4n) is 1.63. The van der Waals surface area contributed by atoms with Gasteiger partial charge in [0.05, 0.1) is 5.92 Å². The molecule has 0 aliphatic heterocycles. The first-order valence-electron chi connectivity index (χ1n) is 4.96. The number of rotatable bonds is 3. The maximum atomic E-state index is 10.8. The van der Waals surface area contributed by atoms with Gasteiger partial charge < -0.3 is 5.11 Å². The number of aliphatic carboxylic acids is 1. The molecule has 0 fully saturated rings. The molecule has 1 aromatic carbocycles. The average molecular weight is 299 g/mol. The van der Waals surface area contributed by atoms with E-state index in [2.05, 4.69) is 27.4 Å². The summed E-state index contributed by atoms with van der Waals surface area (Å²) in [5, 5.41) is 12.1. The molecule has 0 saturated carbocycles. The molecular formula is C12H11BrO2S. The summed E-state index contributed by atoms with van der Waals surface area (Å²) in [4.78, 5) is 10.8. The summed E-state index contributed by atoms with van der Waals surface area (Å²) >= 11 is 5.09. The van der Waals surface area contributed by atoms with E-state index in [1.807, 2.05) is 12.1 Å². The van der Waals surface area contributed by atoms with Gasteiger partial charge in [-0.1, -0.05) is 28.9 Å². The highest BCUT2D eigenvalue weighted by atomic mass is 79.9. The first-order chi connectivity index (χ1) is 7.58. The van der Waals surface area contributed by atoms with Crippen molar-refractivity contribution in [1.82, 2.24) is 0 Å². The number of thiophene rings is 1. The number of hydrogen-bond acceptors (Lipinski definition) is 2. The van der Waals surface area contributed by atoms with Gasteiger partial charge in [-0.25, -0.2) is 0 Å². The van der Waals surface area contributed by atoms with Crippen LogP contribution in [0.3, 0.4) is 0 Å². The molecule has 0 aliphatic rings. The minimum atomic E-state index is -0.739. The number of fused-ring (bicyclic) bond motifs is 1. The van der Waals surface area contributed by atoms with E-state index in [0.29, 0.717) is 6.42 Å². The van der Waals surface area contributed by atoms with Crippen molar-refractivity contribution >= 4 is 43.3 Å². The molecule has 1 N–H and O–H groups in total. The fourth-order valence-corrected chi connectivity index (χ4v) is 3.16. The molecule has 0 amide bonds. The molecule has 84 valence electrons. The minimum absolute atomic E-state index is 0.332. The number of carboxylic acids is 1. The van der Waals surface area contributed by atoms with Gasteiger partial charge in [-0.2, -0.15) is 0 Å². The van der Waals surface area contributed by atoms with Gasteiger partial charge in [-0.05, 0) is 34.9 Å². The van der Waals surface area contributed by atoms with Crippen LogP contribution in [-0.2, 0) is 11.2 Å². The van der Waals surface area contributed by atoms with E-state index in [-0.39, 0.29) is 5.92 Å². The highest BCUT2D eigenvalue weighted by Crippen LogP contribution is 2.30. The molecule has 4 heteroatoms. The first-order valence-corrected chi connectivity index (χ1v) is 6.63. The molecule has 1 atom stereocenters. The van der Waals surface area contributed by atoms with Gasteiger partial charge in [0.1, 0.15) is 0 Å². The van der Waals surface area contributed by atoms with Gasteiger partial charge in [0.2, 0.25) is 0 Å². The lowest BCUT2D eigenvalue weighted by atomic mass is 10.0. The van der Waals surface area contributed by atoms with E-state index in [1.165, 1.54) is 10.1 Å². The highest BCUT2D eigenvalue weighted by Gasteiger charge is 2.14. The quantitative estimate of drug-likeness (QED) is 0.932. The third-order valence-electron chi connectivity index (χ3n) is 2.57. The summed E-state index contributed by atoms with van der Waals surface area (Å²) in [5.74, 6) is -1.07. The summed E-state index contributed by atoms with van der Waals surface area (Å²) in [6, 6.07) is 6.10. The van der Waals surface area contributed by atoms with Crippen LogP contribution in [0.1, 0.15) is 12.5 Å². The van der Waals surface area contributed by atoms with Crippen LogP contribution >= 0.6 is 27.3 Å². The molecule has 1 aromatic heterocycles. The summed E-state index contributed by atoms with van der Waals surface area (Å²) in [5.41, 5.74) is 1.13. The molecule has 16 heavy (non-hydrogen) atoms. The van der Waals surface area contributed by atoms with Crippen LogP contribution in [-0.4, -0.2) is 11.1 Å². The average Bonchev–Trinajstić information content (AvgIpc) is 2.60. The normalized spacial score (nSPS) is 12.9. The minimum Gasteiger partial charge on any atom is -0.481 e. The van der Waals surface area contributed by atoms with E-state index < -0.39 is 5.97 Å². The third-order valence-corrected chi connectivity index (χ3v) is 4.05. The summed E-state index contributed by atoms with van der Waals surface area (Å²) in [6.45, 7) is 1.74. The van der Waals surface area contributed by atoms with E-state index in [9.17, 15) is 4.79 Å². The lowest BCUT2D eigenvalue weighted by Crippen LogP contribution is -2.11. The standard InChI is InChI=1S/C12H11BrO2S/c1-7(12(14)15)4-8-6-16-11-5-9(13)2-3-10(8)11/h2-3,5-7H,4H2,1H3,(H,14,15). The van der Waals surface area contributed by atoms with E-state index >= 15 is 0 Å². The first kappa shape index (κ1) is 11.6. The van der Waals surface area contributed by atoms with Crippen molar-refractivity contribution in [2.45, 2.75) is 13.3 Å². The fraction of sp³-hybridized carbons (Fsp3) is 0.250. The maximum Gasteiger partial charge on any atom is 0.306 e. The van der Waals surface area contributed by atoms with Crippen molar-refractivity contribution in [2.24, 2.45) is 5.92 Å². The molecule has 1 heterocycles. The molecule has 2 nitrogen and oxygen atoms in total. The Morgan fingerprint density at radius 2 is 2.31 bits per heavy atom. The molecule has 0 bridgehead atoms. The van der Waals surface area contributed by atoms with Gasteiger partial charge in [0.25, 0.3) is 0 Å². The van der Waals surface area contributed by atoms with Crippen LogP contribution in [0.15, 0.2) is 28.1 Å². The highest BCUT2D eigenvalue weighted by molar-refractivity contribution is 9.10. The Morgan fingerprint density at radius 1 is 1.56 bits per heavy atom. The molecule has 0 radical (unpaired) electrons. The number of benzene rings is 1. The molecule has 2 rings (SSSR count). The Morgan fingerprint density at radius 3 is 3.00 bits per heavy atom. The lowest BCUT2D eigenvalue weighted by Gasteiger charge is -2.04. The molecule has 0 spiro atoms. The van der Waals surface area contributed by atoms with Crippen molar-refractivity contribution < 1.29 is 9.90 Å². The Labute approximate surface area is 106 Å². The second kappa shape index (κ2) is 4.55. The second-order valence-corrected chi connectivity index (χ2v) is 5.67. The lowest BCUT2D eigenvalue weighted by molar-refractivity contribution is -0.141. The van der Waals surface area contributed by atoms with E-state index in [1.54, 1.807) is 18.3 Å². The predicted octanol–water partition coefficient (Wildman–Crippen LogP) is 3.93. The maximum absolute atomic E-state index is 10.8. The zero-order chi connectivity index (χ0) is 11.7. The topological polar surface area (TPSA) is 37.3 Å². The molecule has 2 aromatic rings. The van der Waals surface area contributed by atoms with Gasteiger partial charge in [0.15, 0.2) is 0 Å². The summed E-state index contributed by atoms with van der Waals surface area (Å²) in [7, 11) is 0. The number of halogens is 1. The van der Waals surface area contributed by atoms with Crippen LogP contribution < -0.4 is 0 Å². The van der Waals surface area contributed by atoms with Crippen molar-refractivity contribution in [2.75, 3.05) is 0 Å². The van der Waals surface area contributed by atoms with Gasteiger partial charge in [0, 0.05) is 9.17 Å². The van der Waals surface area contributed by atoms with Crippen molar-refractivity contribution in [3.8, 4) is 0 Å². The van der Waals surface area contributed by atoms with Crippen LogP contribution in [0, 0.1) is 5.92 Å². The Balaban J connectivity index is 2.35. The van der Waals surface area contributed by atoms with Crippen LogP contribution in [0.4, 0.5) is 0 Å². The van der Waals surface area contributed by atoms with Gasteiger partial charge in [-0.3, -0.25) is 4.79 Å². The summed E-state index contributed by atoms with van der Waals surface area (Å²) in [6.07, 6.45) is 0.594. The number of hydrogen-bond donors (Lipinski definition) is 1. The Kier molecular flexibility index (Phi) is 3.30. The van der Waals surface area contributed by atoms with Crippen molar-refractivity contribution in [3.05, 3.63) is 33.6 Å². The Hall–Kier alpha value is -0.870.